The van der Waals surface area contributed by atoms with E-state index < -0.39 is 5.60 Å². The summed E-state index contributed by atoms with van der Waals surface area (Å²) >= 11 is 0. The number of para-hydroxylation sites is 1. The summed E-state index contributed by atoms with van der Waals surface area (Å²) in [4.78, 5) is 14.1. The van der Waals surface area contributed by atoms with E-state index in [9.17, 15) is 9.90 Å². The Balaban J connectivity index is 1.78. The first-order valence-corrected chi connectivity index (χ1v) is 7.77. The van der Waals surface area contributed by atoms with Crippen LogP contribution in [0.3, 0.4) is 0 Å². The smallest absolute Gasteiger partial charge is 0.222 e. The van der Waals surface area contributed by atoms with Crippen LogP contribution in [-0.4, -0.2) is 36.2 Å². The Hall–Kier alpha value is -1.55. The second kappa shape index (κ2) is 6.94. The Kier molecular flexibility index (Phi) is 5.23. The molecular formula is C17H26N2O2. The Labute approximate surface area is 127 Å². The lowest BCUT2D eigenvalue weighted by Crippen LogP contribution is -2.42. The molecule has 0 heterocycles. The quantitative estimate of drug-likeness (QED) is 0.845. The van der Waals surface area contributed by atoms with Crippen LogP contribution in [0.25, 0.3) is 0 Å². The van der Waals surface area contributed by atoms with Gasteiger partial charge in [-0.3, -0.25) is 4.79 Å². The molecule has 4 heteroatoms. The van der Waals surface area contributed by atoms with Crippen molar-refractivity contribution in [3.05, 3.63) is 30.3 Å². The van der Waals surface area contributed by atoms with Gasteiger partial charge in [-0.2, -0.15) is 0 Å². The van der Waals surface area contributed by atoms with E-state index in [2.05, 4.69) is 29.3 Å². The van der Waals surface area contributed by atoms with Crippen LogP contribution in [0.2, 0.25) is 0 Å². The van der Waals surface area contributed by atoms with Crippen molar-refractivity contribution in [2.45, 2.75) is 50.7 Å². The van der Waals surface area contributed by atoms with Crippen LogP contribution in [0.4, 0.5) is 5.69 Å². The lowest BCUT2D eigenvalue weighted by atomic mass is 9.97. The SMILES string of the molecule is CC(CNC(=O)CC1(O)CCCC1)N(C)c1ccccc1. The molecule has 2 N–H and O–H groups in total. The van der Waals surface area contributed by atoms with E-state index in [1.807, 2.05) is 25.2 Å². The highest BCUT2D eigenvalue weighted by Gasteiger charge is 2.33. The Morgan fingerprint density at radius 3 is 2.57 bits per heavy atom. The van der Waals surface area contributed by atoms with E-state index in [4.69, 9.17) is 0 Å². The first-order valence-electron chi connectivity index (χ1n) is 7.77. The van der Waals surface area contributed by atoms with Gasteiger partial charge in [0, 0.05) is 25.3 Å². The first kappa shape index (κ1) is 15.8. The molecular weight excluding hydrogens is 264 g/mol. The van der Waals surface area contributed by atoms with E-state index in [-0.39, 0.29) is 18.4 Å². The predicted octanol–water partition coefficient (Wildman–Crippen LogP) is 2.32. The number of nitrogens with one attached hydrogen (secondary N) is 1. The van der Waals surface area contributed by atoms with Gasteiger partial charge in [-0.1, -0.05) is 31.0 Å². The lowest BCUT2D eigenvalue weighted by Gasteiger charge is -2.28. The van der Waals surface area contributed by atoms with Gasteiger partial charge in [-0.25, -0.2) is 0 Å². The highest BCUT2D eigenvalue weighted by Crippen LogP contribution is 2.32. The van der Waals surface area contributed by atoms with Gasteiger partial charge in [0.05, 0.1) is 12.0 Å². The maximum absolute atomic E-state index is 12.0. The fourth-order valence-electron chi connectivity index (χ4n) is 2.89. The summed E-state index contributed by atoms with van der Waals surface area (Å²) in [7, 11) is 2.02. The van der Waals surface area contributed by atoms with Crippen molar-refractivity contribution in [1.29, 1.82) is 0 Å². The summed E-state index contributed by atoms with van der Waals surface area (Å²) in [5.41, 5.74) is 0.368. The van der Waals surface area contributed by atoms with Crippen molar-refractivity contribution < 1.29 is 9.90 Å². The highest BCUT2D eigenvalue weighted by molar-refractivity contribution is 5.77. The fourth-order valence-corrected chi connectivity index (χ4v) is 2.89. The zero-order valence-corrected chi connectivity index (χ0v) is 13.0. The van der Waals surface area contributed by atoms with Crippen molar-refractivity contribution in [2.75, 3.05) is 18.5 Å². The molecule has 0 spiro atoms. The maximum Gasteiger partial charge on any atom is 0.222 e. The molecule has 0 bridgehead atoms. The molecule has 1 aromatic rings. The second-order valence-corrected chi connectivity index (χ2v) is 6.21. The number of hydrogen-bond acceptors (Lipinski definition) is 3. The van der Waals surface area contributed by atoms with Gasteiger partial charge >= 0.3 is 0 Å². The van der Waals surface area contributed by atoms with E-state index in [0.717, 1.165) is 31.4 Å². The normalized spacial score (nSPS) is 18.2. The third-order valence-electron chi connectivity index (χ3n) is 4.44. The summed E-state index contributed by atoms with van der Waals surface area (Å²) in [5.74, 6) is -0.0484. The predicted molar refractivity (Wildman–Crippen MR) is 85.4 cm³/mol. The number of rotatable bonds is 6. The molecule has 0 aromatic heterocycles. The minimum absolute atomic E-state index is 0.0484. The van der Waals surface area contributed by atoms with Gasteiger partial charge in [0.15, 0.2) is 0 Å². The summed E-state index contributed by atoms with van der Waals surface area (Å²) in [6.45, 7) is 2.66. The molecule has 1 aromatic carbocycles. The Morgan fingerprint density at radius 2 is 1.95 bits per heavy atom. The molecule has 0 aliphatic heterocycles. The van der Waals surface area contributed by atoms with Gasteiger partial charge in [0.1, 0.15) is 0 Å². The number of aliphatic hydroxyl groups is 1. The third kappa shape index (κ3) is 4.46. The van der Waals surface area contributed by atoms with Gasteiger partial charge in [-0.15, -0.1) is 0 Å². The molecule has 1 saturated carbocycles. The average Bonchev–Trinajstić information content (AvgIpc) is 2.91. The van der Waals surface area contributed by atoms with Crippen LogP contribution in [0.1, 0.15) is 39.0 Å². The van der Waals surface area contributed by atoms with Crippen LogP contribution in [0, 0.1) is 0 Å². The van der Waals surface area contributed by atoms with Crippen molar-refractivity contribution in [2.24, 2.45) is 0 Å². The van der Waals surface area contributed by atoms with E-state index >= 15 is 0 Å². The van der Waals surface area contributed by atoms with Gasteiger partial charge in [0.25, 0.3) is 0 Å². The molecule has 4 nitrogen and oxygen atoms in total. The van der Waals surface area contributed by atoms with Crippen molar-refractivity contribution in [1.82, 2.24) is 5.32 Å². The van der Waals surface area contributed by atoms with Gasteiger partial charge < -0.3 is 15.3 Å². The molecule has 21 heavy (non-hydrogen) atoms. The molecule has 1 atom stereocenters. The van der Waals surface area contributed by atoms with Crippen LogP contribution in [0.15, 0.2) is 30.3 Å². The summed E-state index contributed by atoms with van der Waals surface area (Å²) < 4.78 is 0. The number of hydrogen-bond donors (Lipinski definition) is 2. The van der Waals surface area contributed by atoms with Crippen molar-refractivity contribution in [3.8, 4) is 0 Å². The van der Waals surface area contributed by atoms with E-state index in [1.54, 1.807) is 0 Å². The third-order valence-corrected chi connectivity index (χ3v) is 4.44. The maximum atomic E-state index is 12.0. The number of amides is 1. The molecule has 116 valence electrons. The van der Waals surface area contributed by atoms with Crippen LogP contribution >= 0.6 is 0 Å². The number of benzene rings is 1. The zero-order valence-electron chi connectivity index (χ0n) is 13.0. The molecule has 1 aliphatic carbocycles. The monoisotopic (exact) mass is 290 g/mol. The van der Waals surface area contributed by atoms with E-state index in [1.165, 1.54) is 0 Å². The van der Waals surface area contributed by atoms with Crippen molar-refractivity contribution in [3.63, 3.8) is 0 Å². The van der Waals surface area contributed by atoms with Gasteiger partial charge in [-0.05, 0) is 31.9 Å². The van der Waals surface area contributed by atoms with Crippen molar-refractivity contribution >= 4 is 11.6 Å². The molecule has 0 saturated heterocycles. The number of carbonyl (C=O) groups is 1. The van der Waals surface area contributed by atoms with Crippen LogP contribution < -0.4 is 10.2 Å². The number of anilines is 1. The lowest BCUT2D eigenvalue weighted by molar-refractivity contribution is -0.125. The Morgan fingerprint density at radius 1 is 1.33 bits per heavy atom. The summed E-state index contributed by atoms with van der Waals surface area (Å²) in [6.07, 6.45) is 3.78. The van der Waals surface area contributed by atoms with Crippen LogP contribution in [-0.2, 0) is 4.79 Å². The Bertz CT molecular complexity index is 455. The largest absolute Gasteiger partial charge is 0.389 e. The topological polar surface area (TPSA) is 52.6 Å². The minimum atomic E-state index is -0.765. The highest BCUT2D eigenvalue weighted by atomic mass is 16.3. The standard InChI is InChI=1S/C17H26N2O2/c1-14(19(2)15-8-4-3-5-9-15)13-18-16(20)12-17(21)10-6-7-11-17/h3-5,8-9,14,21H,6-7,10-13H2,1-2H3,(H,18,20). The minimum Gasteiger partial charge on any atom is -0.389 e. The second-order valence-electron chi connectivity index (χ2n) is 6.21. The molecule has 1 amide bonds. The first-order chi connectivity index (χ1) is 10.0. The summed E-state index contributed by atoms with van der Waals surface area (Å²) in [6, 6.07) is 10.3. The van der Waals surface area contributed by atoms with E-state index in [0.29, 0.717) is 6.54 Å². The zero-order chi connectivity index (χ0) is 15.3. The fraction of sp³-hybridized carbons (Fsp3) is 0.588. The average molecular weight is 290 g/mol. The van der Waals surface area contributed by atoms with Gasteiger partial charge in [0.2, 0.25) is 5.91 Å². The summed E-state index contributed by atoms with van der Waals surface area (Å²) in [5, 5.41) is 13.2. The molecule has 0 radical (unpaired) electrons. The molecule has 2 rings (SSSR count). The molecule has 1 fully saturated rings. The van der Waals surface area contributed by atoms with Crippen LogP contribution in [0.5, 0.6) is 0 Å². The number of carbonyl (C=O) groups excluding carboxylic acids is 1. The number of likely N-dealkylation sites (N-methyl/N-ethyl adjacent to an activating group) is 1. The molecule has 1 unspecified atom stereocenters. The number of nitrogens with zero attached hydrogens (tertiary/aromatic N) is 1. The molecule has 1 aliphatic rings.